The van der Waals surface area contributed by atoms with Crippen LogP contribution in [0.5, 0.6) is 0 Å². The maximum absolute atomic E-state index is 3.39. The lowest BCUT2D eigenvalue weighted by atomic mass is 9.91. The Balaban J connectivity index is 0.00000112. The lowest BCUT2D eigenvalue weighted by Crippen LogP contribution is -2.62. The van der Waals surface area contributed by atoms with E-state index in [1.807, 2.05) is 0 Å². The van der Waals surface area contributed by atoms with Gasteiger partial charge in [-0.2, -0.15) is 0 Å². The molecule has 90 valence electrons. The van der Waals surface area contributed by atoms with Crippen LogP contribution >= 0.6 is 12.4 Å². The van der Waals surface area contributed by atoms with Crippen molar-refractivity contribution in [2.24, 2.45) is 0 Å². The molecule has 2 nitrogen and oxygen atoms in total. The van der Waals surface area contributed by atoms with Gasteiger partial charge in [0, 0.05) is 31.2 Å². The van der Waals surface area contributed by atoms with E-state index < -0.39 is 0 Å². The number of halogens is 1. The van der Waals surface area contributed by atoms with Crippen LogP contribution in [0.25, 0.3) is 0 Å². The predicted octanol–water partition coefficient (Wildman–Crippen LogP) is 2.42. The second-order valence-corrected chi connectivity index (χ2v) is 5.14. The average molecular weight is 233 g/mol. The molecule has 0 bridgehead atoms. The van der Waals surface area contributed by atoms with E-state index in [-0.39, 0.29) is 12.4 Å². The van der Waals surface area contributed by atoms with E-state index in [1.54, 1.807) is 0 Å². The summed E-state index contributed by atoms with van der Waals surface area (Å²) in [6, 6.07) is 2.44. The summed E-state index contributed by atoms with van der Waals surface area (Å²) in [6.07, 6.45) is 7.25. The van der Waals surface area contributed by atoms with Gasteiger partial charge in [-0.3, -0.25) is 4.90 Å². The van der Waals surface area contributed by atoms with Crippen LogP contribution in [0.4, 0.5) is 0 Å². The Labute approximate surface area is 100 Å². The zero-order valence-electron chi connectivity index (χ0n) is 10.0. The largest absolute Gasteiger partial charge is 0.314 e. The fourth-order valence-corrected chi connectivity index (χ4v) is 3.00. The molecule has 15 heavy (non-hydrogen) atoms. The van der Waals surface area contributed by atoms with Crippen molar-refractivity contribution in [1.29, 1.82) is 0 Å². The van der Waals surface area contributed by atoms with Gasteiger partial charge in [-0.15, -0.1) is 12.4 Å². The van der Waals surface area contributed by atoms with Gasteiger partial charge in [0.15, 0.2) is 0 Å². The first-order chi connectivity index (χ1) is 6.79. The number of nitrogens with one attached hydrogen (secondary N) is 1. The number of rotatable bonds is 3. The average Bonchev–Trinajstić information content (AvgIpc) is 2.12. The van der Waals surface area contributed by atoms with Gasteiger partial charge in [-0.05, 0) is 26.7 Å². The molecule has 2 fully saturated rings. The molecule has 1 heterocycles. The maximum atomic E-state index is 3.39. The molecule has 0 aromatic rings. The van der Waals surface area contributed by atoms with Gasteiger partial charge in [0.25, 0.3) is 0 Å². The predicted molar refractivity (Wildman–Crippen MR) is 67.8 cm³/mol. The number of nitrogens with zero attached hydrogens (tertiary/aromatic N) is 1. The second-order valence-electron chi connectivity index (χ2n) is 5.14. The maximum Gasteiger partial charge on any atom is 0.0351 e. The fraction of sp³-hybridized carbons (Fsp3) is 1.00. The first-order valence-corrected chi connectivity index (χ1v) is 6.27. The van der Waals surface area contributed by atoms with E-state index >= 15 is 0 Å². The zero-order valence-corrected chi connectivity index (χ0v) is 10.9. The highest BCUT2D eigenvalue weighted by molar-refractivity contribution is 5.85. The molecule has 0 atom stereocenters. The van der Waals surface area contributed by atoms with Crippen molar-refractivity contribution in [3.63, 3.8) is 0 Å². The zero-order chi connectivity index (χ0) is 9.97. The lowest BCUT2D eigenvalue weighted by molar-refractivity contribution is 0.0442. The van der Waals surface area contributed by atoms with Crippen molar-refractivity contribution in [2.45, 2.75) is 64.1 Å². The normalized spacial score (nSPS) is 24.0. The summed E-state index contributed by atoms with van der Waals surface area (Å²) in [7, 11) is 0. The Hall–Kier alpha value is 0.210. The summed E-state index contributed by atoms with van der Waals surface area (Å²) in [5, 5.41) is 3.39. The van der Waals surface area contributed by atoms with E-state index in [2.05, 4.69) is 24.1 Å². The van der Waals surface area contributed by atoms with Crippen LogP contribution in [-0.4, -0.2) is 36.1 Å². The molecule has 0 unspecified atom stereocenters. The van der Waals surface area contributed by atoms with E-state index in [0.29, 0.717) is 0 Å². The van der Waals surface area contributed by atoms with Crippen LogP contribution in [-0.2, 0) is 0 Å². The summed E-state index contributed by atoms with van der Waals surface area (Å²) < 4.78 is 0. The Kier molecular flexibility index (Phi) is 5.37. The van der Waals surface area contributed by atoms with Gasteiger partial charge >= 0.3 is 0 Å². The molecule has 0 radical (unpaired) electrons. The molecule has 1 N–H and O–H groups in total. The highest BCUT2D eigenvalue weighted by atomic mass is 35.5. The molecule has 1 aliphatic heterocycles. The van der Waals surface area contributed by atoms with Gasteiger partial charge in [-0.1, -0.05) is 19.3 Å². The lowest BCUT2D eigenvalue weighted by Gasteiger charge is -2.46. The van der Waals surface area contributed by atoms with E-state index in [4.69, 9.17) is 0 Å². The third kappa shape index (κ3) is 3.08. The summed E-state index contributed by atoms with van der Waals surface area (Å²) in [6.45, 7) is 7.14. The highest BCUT2D eigenvalue weighted by Crippen LogP contribution is 2.26. The van der Waals surface area contributed by atoms with Gasteiger partial charge < -0.3 is 5.32 Å². The number of hydrogen-bond acceptors (Lipinski definition) is 2. The first kappa shape index (κ1) is 13.3. The van der Waals surface area contributed by atoms with Crippen molar-refractivity contribution in [3.05, 3.63) is 0 Å². The smallest absolute Gasteiger partial charge is 0.0351 e. The third-order valence-electron chi connectivity index (χ3n) is 3.77. The van der Waals surface area contributed by atoms with Crippen molar-refractivity contribution in [1.82, 2.24) is 10.2 Å². The minimum atomic E-state index is 0. The molecule has 2 aliphatic rings. The summed E-state index contributed by atoms with van der Waals surface area (Å²) in [5.74, 6) is 0. The SMILES string of the molecule is CC(C)N(C1CCCCC1)C1CNC1.Cl. The molecule has 0 aromatic heterocycles. The summed E-state index contributed by atoms with van der Waals surface area (Å²) in [5.41, 5.74) is 0. The molecule has 0 aromatic carbocycles. The molecule has 1 aliphatic carbocycles. The van der Waals surface area contributed by atoms with Crippen molar-refractivity contribution < 1.29 is 0 Å². The minimum absolute atomic E-state index is 0. The van der Waals surface area contributed by atoms with Crippen LogP contribution in [0.2, 0.25) is 0 Å². The molecule has 1 saturated carbocycles. The van der Waals surface area contributed by atoms with Gasteiger partial charge in [0.05, 0.1) is 0 Å². The minimum Gasteiger partial charge on any atom is -0.314 e. The van der Waals surface area contributed by atoms with E-state index in [9.17, 15) is 0 Å². The van der Waals surface area contributed by atoms with Gasteiger partial charge in [-0.25, -0.2) is 0 Å². The van der Waals surface area contributed by atoms with E-state index in [0.717, 1.165) is 18.1 Å². The molecular formula is C12H25ClN2. The quantitative estimate of drug-likeness (QED) is 0.804. The van der Waals surface area contributed by atoms with Crippen LogP contribution in [0.3, 0.4) is 0 Å². The number of hydrogen-bond donors (Lipinski definition) is 1. The van der Waals surface area contributed by atoms with Crippen LogP contribution < -0.4 is 5.32 Å². The van der Waals surface area contributed by atoms with Gasteiger partial charge in [0.2, 0.25) is 0 Å². The molecule has 0 amide bonds. The summed E-state index contributed by atoms with van der Waals surface area (Å²) >= 11 is 0. The third-order valence-corrected chi connectivity index (χ3v) is 3.77. The standard InChI is InChI=1S/C12H24N2.ClH/c1-10(2)14(12-8-13-9-12)11-6-4-3-5-7-11;/h10-13H,3-9H2,1-2H3;1H. The molecule has 2 rings (SSSR count). The van der Waals surface area contributed by atoms with Crippen LogP contribution in [0.15, 0.2) is 0 Å². The topological polar surface area (TPSA) is 15.3 Å². The molecule has 1 saturated heterocycles. The van der Waals surface area contributed by atoms with Crippen molar-refractivity contribution in [2.75, 3.05) is 13.1 Å². The Morgan fingerprint density at radius 2 is 1.60 bits per heavy atom. The van der Waals surface area contributed by atoms with Crippen molar-refractivity contribution in [3.8, 4) is 0 Å². The molecular weight excluding hydrogens is 208 g/mol. The summed E-state index contributed by atoms with van der Waals surface area (Å²) in [4.78, 5) is 2.77. The Morgan fingerprint density at radius 1 is 1.00 bits per heavy atom. The fourth-order valence-electron chi connectivity index (χ4n) is 3.00. The van der Waals surface area contributed by atoms with Crippen LogP contribution in [0, 0.1) is 0 Å². The first-order valence-electron chi connectivity index (χ1n) is 6.27. The monoisotopic (exact) mass is 232 g/mol. The Morgan fingerprint density at radius 3 is 2.00 bits per heavy atom. The highest BCUT2D eigenvalue weighted by Gasteiger charge is 2.32. The van der Waals surface area contributed by atoms with Crippen molar-refractivity contribution >= 4 is 12.4 Å². The molecule has 0 spiro atoms. The Bertz CT molecular complexity index is 174. The molecule has 3 heteroatoms. The van der Waals surface area contributed by atoms with Gasteiger partial charge in [0.1, 0.15) is 0 Å². The van der Waals surface area contributed by atoms with E-state index in [1.165, 1.54) is 45.2 Å². The second kappa shape index (κ2) is 6.07. The van der Waals surface area contributed by atoms with Crippen LogP contribution in [0.1, 0.15) is 46.0 Å².